The number of aromatic nitrogens is 5. The maximum Gasteiger partial charge on any atom is 0.326 e. The normalized spacial score (nSPS) is 12.0. The fourth-order valence-electron chi connectivity index (χ4n) is 3.31. The number of aliphatic carboxylic acids is 1. The molecule has 0 spiro atoms. The fraction of sp³-hybridized carbons (Fsp3) is 0.190. The summed E-state index contributed by atoms with van der Waals surface area (Å²) in [4.78, 5) is 27.3. The molecule has 0 aliphatic heterocycles. The predicted octanol–water partition coefficient (Wildman–Crippen LogP) is 2.36. The maximum absolute atomic E-state index is 12.5. The van der Waals surface area contributed by atoms with E-state index in [0.29, 0.717) is 5.16 Å². The number of nitrogens with zero attached hydrogens (tertiary/aromatic N) is 4. The molecule has 0 radical (unpaired) electrons. The largest absolute Gasteiger partial charge is 0.480 e. The summed E-state index contributed by atoms with van der Waals surface area (Å²) in [6, 6.07) is 14.2. The molecule has 1 amide bonds. The van der Waals surface area contributed by atoms with E-state index < -0.39 is 17.9 Å². The van der Waals surface area contributed by atoms with Crippen LogP contribution >= 0.6 is 11.8 Å². The van der Waals surface area contributed by atoms with E-state index in [4.69, 9.17) is 0 Å². The van der Waals surface area contributed by atoms with Gasteiger partial charge in [0.25, 0.3) is 0 Å². The van der Waals surface area contributed by atoms with Crippen LogP contribution in [0.5, 0.6) is 0 Å². The molecule has 9 nitrogen and oxygen atoms in total. The zero-order valence-corrected chi connectivity index (χ0v) is 17.5. The number of amides is 1. The van der Waals surface area contributed by atoms with Gasteiger partial charge in [0, 0.05) is 23.5 Å². The third-order valence-electron chi connectivity index (χ3n) is 4.85. The first-order valence-corrected chi connectivity index (χ1v) is 10.6. The Morgan fingerprint density at radius 2 is 1.97 bits per heavy atom. The Bertz CT molecular complexity index is 1230. The zero-order chi connectivity index (χ0) is 21.8. The minimum absolute atomic E-state index is 0.0100. The second-order valence-corrected chi connectivity index (χ2v) is 7.91. The number of hydrogen-bond acceptors (Lipinski definition) is 6. The minimum Gasteiger partial charge on any atom is -0.480 e. The monoisotopic (exact) mass is 436 g/mol. The highest BCUT2D eigenvalue weighted by atomic mass is 32.2. The molecule has 2 aromatic heterocycles. The van der Waals surface area contributed by atoms with Gasteiger partial charge in [0.05, 0.1) is 11.4 Å². The smallest absolute Gasteiger partial charge is 0.326 e. The molecule has 0 saturated heterocycles. The van der Waals surface area contributed by atoms with Crippen LogP contribution in [-0.2, 0) is 16.0 Å². The van der Waals surface area contributed by atoms with Gasteiger partial charge in [0.15, 0.2) is 0 Å². The van der Waals surface area contributed by atoms with Crippen molar-refractivity contribution in [3.05, 3.63) is 65.9 Å². The molecule has 4 aromatic rings. The van der Waals surface area contributed by atoms with E-state index in [9.17, 15) is 14.7 Å². The summed E-state index contributed by atoms with van der Waals surface area (Å²) in [6.07, 6.45) is 1.95. The summed E-state index contributed by atoms with van der Waals surface area (Å²) in [7, 11) is 0. The number of benzene rings is 2. The third kappa shape index (κ3) is 4.58. The Hall–Kier alpha value is -3.66. The van der Waals surface area contributed by atoms with Gasteiger partial charge in [-0.15, -0.1) is 5.10 Å². The van der Waals surface area contributed by atoms with Crippen molar-refractivity contribution in [1.29, 1.82) is 0 Å². The van der Waals surface area contributed by atoms with E-state index in [1.165, 1.54) is 0 Å². The molecule has 158 valence electrons. The summed E-state index contributed by atoms with van der Waals surface area (Å²) in [6.45, 7) is 1.94. The number of H-pyrrole nitrogens is 1. The van der Waals surface area contributed by atoms with E-state index in [1.807, 2.05) is 55.5 Å². The summed E-state index contributed by atoms with van der Waals surface area (Å²) >= 11 is 1.15. The topological polar surface area (TPSA) is 126 Å². The molecule has 4 rings (SSSR count). The number of hydrogen-bond donors (Lipinski definition) is 3. The van der Waals surface area contributed by atoms with E-state index >= 15 is 0 Å². The van der Waals surface area contributed by atoms with Gasteiger partial charge in [-0.05, 0) is 40.6 Å². The highest BCUT2D eigenvalue weighted by molar-refractivity contribution is 7.99. The van der Waals surface area contributed by atoms with Crippen LogP contribution in [0.2, 0.25) is 0 Å². The number of aryl methyl sites for hydroxylation is 1. The van der Waals surface area contributed by atoms with Crippen molar-refractivity contribution in [2.45, 2.75) is 24.5 Å². The average Bonchev–Trinajstić information content (AvgIpc) is 3.39. The van der Waals surface area contributed by atoms with Gasteiger partial charge >= 0.3 is 5.97 Å². The van der Waals surface area contributed by atoms with Crippen LogP contribution in [0, 0.1) is 6.92 Å². The van der Waals surface area contributed by atoms with Crippen molar-refractivity contribution >= 4 is 34.5 Å². The lowest BCUT2D eigenvalue weighted by molar-refractivity contribution is -0.141. The first-order chi connectivity index (χ1) is 15.0. The van der Waals surface area contributed by atoms with Gasteiger partial charge < -0.3 is 15.4 Å². The van der Waals surface area contributed by atoms with Crippen LogP contribution in [0.15, 0.2) is 59.9 Å². The lowest BCUT2D eigenvalue weighted by atomic mass is 10.1. The molecule has 0 aliphatic rings. The van der Waals surface area contributed by atoms with Gasteiger partial charge in [-0.2, -0.15) is 4.68 Å². The van der Waals surface area contributed by atoms with Gasteiger partial charge in [0.1, 0.15) is 6.04 Å². The molecule has 0 saturated carbocycles. The van der Waals surface area contributed by atoms with Crippen molar-refractivity contribution in [3.8, 4) is 5.69 Å². The number of thioether (sulfide) groups is 1. The van der Waals surface area contributed by atoms with Gasteiger partial charge in [-0.25, -0.2) is 4.79 Å². The molecular formula is C21H20N6O3S. The Balaban J connectivity index is 1.41. The van der Waals surface area contributed by atoms with Crippen LogP contribution in [0.25, 0.3) is 16.6 Å². The number of rotatable bonds is 8. The third-order valence-corrected chi connectivity index (χ3v) is 5.77. The molecule has 10 heteroatoms. The highest BCUT2D eigenvalue weighted by Gasteiger charge is 2.22. The van der Waals surface area contributed by atoms with Crippen LogP contribution < -0.4 is 5.32 Å². The average molecular weight is 436 g/mol. The molecule has 2 aromatic carbocycles. The van der Waals surface area contributed by atoms with Gasteiger partial charge in [-0.3, -0.25) is 4.79 Å². The van der Waals surface area contributed by atoms with Crippen LogP contribution in [-0.4, -0.2) is 54.0 Å². The standard InChI is InChI=1S/C21H20N6O3S/c1-13-6-2-5-9-18(13)27-21(24-25-26-27)31-12-19(28)23-17(20(29)30)10-14-11-22-16-8-4-3-7-15(14)16/h2-9,11,17,22H,10,12H2,1H3,(H,23,28)(H,29,30)/t17-/m0/s1. The van der Waals surface area contributed by atoms with Crippen molar-refractivity contribution in [3.63, 3.8) is 0 Å². The number of carbonyl (C=O) groups excluding carboxylic acids is 1. The van der Waals surface area contributed by atoms with Crippen LogP contribution in [0.4, 0.5) is 0 Å². The van der Waals surface area contributed by atoms with E-state index in [1.54, 1.807) is 10.9 Å². The molecule has 1 atom stereocenters. The molecule has 0 unspecified atom stereocenters. The van der Waals surface area contributed by atoms with Gasteiger partial charge in [0.2, 0.25) is 11.1 Å². The number of nitrogens with one attached hydrogen (secondary N) is 2. The lowest BCUT2D eigenvalue weighted by Crippen LogP contribution is -2.43. The first kappa shape index (κ1) is 20.6. The van der Waals surface area contributed by atoms with Crippen LogP contribution in [0.1, 0.15) is 11.1 Å². The Kier molecular flexibility index (Phi) is 5.99. The first-order valence-electron chi connectivity index (χ1n) is 9.57. The Morgan fingerprint density at radius 3 is 2.77 bits per heavy atom. The molecule has 3 N–H and O–H groups in total. The number of tetrazole rings is 1. The number of carboxylic acid groups (broad SMARTS) is 1. The SMILES string of the molecule is Cc1ccccc1-n1nnnc1SCC(=O)N[C@@H](Cc1c[nH]c2ccccc12)C(=O)O. The van der Waals surface area contributed by atoms with Crippen molar-refractivity contribution < 1.29 is 14.7 Å². The number of carboxylic acids is 1. The van der Waals surface area contributed by atoms with Crippen LogP contribution in [0.3, 0.4) is 0 Å². The van der Waals surface area contributed by atoms with E-state index in [2.05, 4.69) is 25.8 Å². The molecule has 31 heavy (non-hydrogen) atoms. The summed E-state index contributed by atoms with van der Waals surface area (Å²) in [5.41, 5.74) is 3.56. The van der Waals surface area contributed by atoms with Gasteiger partial charge in [-0.1, -0.05) is 48.2 Å². The highest BCUT2D eigenvalue weighted by Crippen LogP contribution is 2.21. The van der Waals surface area contributed by atoms with Crippen molar-refractivity contribution in [2.24, 2.45) is 0 Å². The second kappa shape index (κ2) is 9.00. The van der Waals surface area contributed by atoms with Crippen molar-refractivity contribution in [2.75, 3.05) is 5.75 Å². The quantitative estimate of drug-likeness (QED) is 0.362. The zero-order valence-electron chi connectivity index (χ0n) is 16.6. The predicted molar refractivity (Wildman–Crippen MR) is 116 cm³/mol. The van der Waals surface area contributed by atoms with Crippen molar-refractivity contribution in [1.82, 2.24) is 30.5 Å². The fourth-order valence-corrected chi connectivity index (χ4v) is 4.00. The summed E-state index contributed by atoms with van der Waals surface area (Å²) in [5.74, 6) is -1.51. The number of aromatic amines is 1. The molecule has 0 fully saturated rings. The van der Waals surface area contributed by atoms with E-state index in [0.717, 1.165) is 39.5 Å². The Labute approximate surface area is 181 Å². The number of carbonyl (C=O) groups is 2. The molecule has 2 heterocycles. The minimum atomic E-state index is -1.09. The molecule has 0 bridgehead atoms. The summed E-state index contributed by atoms with van der Waals surface area (Å²) in [5, 5.41) is 25.3. The Morgan fingerprint density at radius 1 is 1.19 bits per heavy atom. The molecular weight excluding hydrogens is 416 g/mol. The molecule has 0 aliphatic carbocycles. The number of fused-ring (bicyclic) bond motifs is 1. The summed E-state index contributed by atoms with van der Waals surface area (Å²) < 4.78 is 1.56. The number of para-hydroxylation sites is 2. The second-order valence-electron chi connectivity index (χ2n) is 6.97. The lowest BCUT2D eigenvalue weighted by Gasteiger charge is -2.14. The maximum atomic E-state index is 12.5. The van der Waals surface area contributed by atoms with E-state index in [-0.39, 0.29) is 12.2 Å².